The fraction of sp³-hybridized carbons (Fsp3) is 0.167. The van der Waals surface area contributed by atoms with Gasteiger partial charge in [-0.05, 0) is 48.4 Å². The highest BCUT2D eigenvalue weighted by molar-refractivity contribution is 6.35. The van der Waals surface area contributed by atoms with Gasteiger partial charge in [0.2, 0.25) is 5.95 Å². The van der Waals surface area contributed by atoms with Gasteiger partial charge in [0.25, 0.3) is 5.56 Å². The fourth-order valence-corrected chi connectivity index (χ4v) is 4.40. The number of para-hydroxylation sites is 1. The molecular formula is C24H20ClN7O. The lowest BCUT2D eigenvalue weighted by atomic mass is 10.0. The van der Waals surface area contributed by atoms with Crippen LogP contribution in [0, 0.1) is 17.2 Å². The highest BCUT2D eigenvalue weighted by Crippen LogP contribution is 2.44. The summed E-state index contributed by atoms with van der Waals surface area (Å²) in [6, 6.07) is 18.5. The van der Waals surface area contributed by atoms with Crippen LogP contribution in [0.3, 0.4) is 0 Å². The van der Waals surface area contributed by atoms with Crippen molar-refractivity contribution in [3.8, 4) is 11.8 Å². The number of fused-ring (bicyclic) bond motifs is 1. The zero-order valence-corrected chi connectivity index (χ0v) is 18.3. The maximum atomic E-state index is 13.7. The van der Waals surface area contributed by atoms with Crippen LogP contribution in [-0.4, -0.2) is 14.5 Å². The van der Waals surface area contributed by atoms with Gasteiger partial charge < -0.3 is 16.8 Å². The molecule has 33 heavy (non-hydrogen) atoms. The molecule has 1 atom stereocenters. The molecule has 0 radical (unpaired) electrons. The zero-order chi connectivity index (χ0) is 23.1. The molecule has 0 unspecified atom stereocenters. The predicted octanol–water partition coefficient (Wildman–Crippen LogP) is 4.03. The molecule has 0 amide bonds. The molecule has 2 aromatic carbocycles. The lowest BCUT2D eigenvalue weighted by Crippen LogP contribution is -2.28. The Hall–Kier alpha value is -4.09. The standard InChI is InChI=1S/C24H20ClN7O/c25-17-8-4-5-14-11-18(32(23(33)19(14)17)15-6-2-1-3-7-15)20(13-9-10-13)29-22-16(12-26)21(27)30-24(28)31-22/h1-8,11,13,20H,9-10H2,(H5,27,28,29,30,31)/t20-/m0/s1. The SMILES string of the molecule is N#Cc1c(N)nc(N)nc1N[C@H](c1cc2cccc(Cl)c2c(=O)n1-c1ccccc1)C1CC1. The minimum atomic E-state index is -0.318. The normalized spacial score (nSPS) is 14.1. The van der Waals surface area contributed by atoms with Crippen LogP contribution < -0.4 is 22.3 Å². The van der Waals surface area contributed by atoms with Gasteiger partial charge in [-0.15, -0.1) is 0 Å². The molecule has 1 saturated carbocycles. The monoisotopic (exact) mass is 457 g/mol. The van der Waals surface area contributed by atoms with E-state index in [1.54, 1.807) is 10.6 Å². The molecule has 0 aliphatic heterocycles. The summed E-state index contributed by atoms with van der Waals surface area (Å²) in [6.45, 7) is 0. The quantitative estimate of drug-likeness (QED) is 0.411. The first-order chi connectivity index (χ1) is 16.0. The number of nitrogens with one attached hydrogen (secondary N) is 1. The van der Waals surface area contributed by atoms with Gasteiger partial charge in [0.15, 0.2) is 5.82 Å². The Balaban J connectivity index is 1.76. The Kier molecular flexibility index (Phi) is 5.11. The summed E-state index contributed by atoms with van der Waals surface area (Å²) in [5.41, 5.74) is 13.1. The van der Waals surface area contributed by atoms with Gasteiger partial charge in [0, 0.05) is 11.4 Å². The van der Waals surface area contributed by atoms with E-state index < -0.39 is 0 Å². The minimum Gasteiger partial charge on any atom is -0.382 e. The Labute approximate surface area is 194 Å². The van der Waals surface area contributed by atoms with E-state index in [9.17, 15) is 10.1 Å². The molecule has 1 aliphatic rings. The van der Waals surface area contributed by atoms with Crippen molar-refractivity contribution in [1.29, 1.82) is 5.26 Å². The van der Waals surface area contributed by atoms with E-state index in [0.29, 0.717) is 16.1 Å². The first-order valence-electron chi connectivity index (χ1n) is 10.5. The van der Waals surface area contributed by atoms with Crippen LogP contribution in [0.1, 0.15) is 30.1 Å². The number of anilines is 3. The second-order valence-electron chi connectivity index (χ2n) is 8.01. The Bertz CT molecular complexity index is 1470. The van der Waals surface area contributed by atoms with Crippen molar-refractivity contribution in [1.82, 2.24) is 14.5 Å². The van der Waals surface area contributed by atoms with Crippen LogP contribution >= 0.6 is 11.6 Å². The Morgan fingerprint density at radius 1 is 1.12 bits per heavy atom. The number of hydrogen-bond acceptors (Lipinski definition) is 7. The van der Waals surface area contributed by atoms with Crippen molar-refractivity contribution in [3.63, 3.8) is 0 Å². The van der Waals surface area contributed by atoms with Crippen LogP contribution in [0.15, 0.2) is 59.4 Å². The molecule has 2 heterocycles. The van der Waals surface area contributed by atoms with Gasteiger partial charge in [-0.1, -0.05) is 41.9 Å². The van der Waals surface area contributed by atoms with E-state index in [4.69, 9.17) is 23.1 Å². The molecule has 2 aromatic heterocycles. The van der Waals surface area contributed by atoms with Gasteiger partial charge >= 0.3 is 0 Å². The Morgan fingerprint density at radius 3 is 2.58 bits per heavy atom. The second kappa shape index (κ2) is 8.11. The fourth-order valence-electron chi connectivity index (χ4n) is 4.13. The van der Waals surface area contributed by atoms with Crippen LogP contribution in [0.2, 0.25) is 5.02 Å². The smallest absolute Gasteiger partial charge is 0.264 e. The Morgan fingerprint density at radius 2 is 1.88 bits per heavy atom. The molecule has 0 bridgehead atoms. The first-order valence-corrected chi connectivity index (χ1v) is 10.8. The average molecular weight is 458 g/mol. The van der Waals surface area contributed by atoms with E-state index in [1.807, 2.05) is 54.6 Å². The molecule has 8 nitrogen and oxygen atoms in total. The molecule has 4 aromatic rings. The van der Waals surface area contributed by atoms with E-state index in [0.717, 1.165) is 23.9 Å². The number of pyridine rings is 1. The van der Waals surface area contributed by atoms with Crippen LogP contribution in [0.5, 0.6) is 0 Å². The van der Waals surface area contributed by atoms with Gasteiger partial charge in [-0.25, -0.2) is 0 Å². The highest BCUT2D eigenvalue weighted by Gasteiger charge is 2.36. The average Bonchev–Trinajstić information content (AvgIpc) is 3.63. The van der Waals surface area contributed by atoms with E-state index >= 15 is 0 Å². The molecule has 5 rings (SSSR count). The summed E-state index contributed by atoms with van der Waals surface area (Å²) in [5, 5.41) is 14.6. The number of nitrogens with two attached hydrogens (primary N) is 2. The maximum absolute atomic E-state index is 13.7. The summed E-state index contributed by atoms with van der Waals surface area (Å²) >= 11 is 6.42. The van der Waals surface area contributed by atoms with Crippen LogP contribution in [-0.2, 0) is 0 Å². The van der Waals surface area contributed by atoms with E-state index in [2.05, 4.69) is 15.3 Å². The van der Waals surface area contributed by atoms with Crippen molar-refractivity contribution in [2.45, 2.75) is 18.9 Å². The van der Waals surface area contributed by atoms with Crippen molar-refractivity contribution < 1.29 is 0 Å². The van der Waals surface area contributed by atoms with Gasteiger partial charge in [-0.3, -0.25) is 9.36 Å². The van der Waals surface area contributed by atoms with Crippen LogP contribution in [0.25, 0.3) is 16.5 Å². The molecule has 1 fully saturated rings. The van der Waals surface area contributed by atoms with Gasteiger partial charge in [0.1, 0.15) is 17.5 Å². The molecule has 0 saturated heterocycles. The molecule has 5 N–H and O–H groups in total. The lowest BCUT2D eigenvalue weighted by Gasteiger charge is -2.25. The molecule has 9 heteroatoms. The van der Waals surface area contributed by atoms with Crippen molar-refractivity contribution in [3.05, 3.63) is 81.2 Å². The number of hydrogen-bond donors (Lipinski definition) is 3. The molecule has 0 spiro atoms. The third kappa shape index (κ3) is 3.73. The third-order valence-corrected chi connectivity index (χ3v) is 6.12. The highest BCUT2D eigenvalue weighted by atomic mass is 35.5. The molecule has 1 aliphatic carbocycles. The van der Waals surface area contributed by atoms with E-state index in [1.165, 1.54) is 0 Å². The van der Waals surface area contributed by atoms with Gasteiger partial charge in [0.05, 0.1) is 16.5 Å². The van der Waals surface area contributed by atoms with Crippen molar-refractivity contribution in [2.24, 2.45) is 5.92 Å². The number of halogens is 1. The number of nitrogen functional groups attached to an aromatic ring is 2. The number of nitrogens with zero attached hydrogens (tertiary/aromatic N) is 4. The topological polar surface area (TPSA) is 136 Å². The van der Waals surface area contributed by atoms with Gasteiger partial charge in [-0.2, -0.15) is 15.2 Å². The maximum Gasteiger partial charge on any atom is 0.264 e. The second-order valence-corrected chi connectivity index (χ2v) is 8.42. The summed E-state index contributed by atoms with van der Waals surface area (Å²) in [5.74, 6) is 0.458. The number of nitriles is 1. The summed E-state index contributed by atoms with van der Waals surface area (Å²) in [6.07, 6.45) is 1.93. The third-order valence-electron chi connectivity index (χ3n) is 5.81. The van der Waals surface area contributed by atoms with Crippen LogP contribution in [0.4, 0.5) is 17.6 Å². The van der Waals surface area contributed by atoms with Crippen molar-refractivity contribution in [2.75, 3.05) is 16.8 Å². The van der Waals surface area contributed by atoms with Crippen molar-refractivity contribution >= 4 is 40.0 Å². The molecular weight excluding hydrogens is 438 g/mol. The predicted molar refractivity (Wildman–Crippen MR) is 129 cm³/mol. The summed E-state index contributed by atoms with van der Waals surface area (Å²) in [7, 11) is 0. The number of aromatic nitrogens is 3. The first kappa shape index (κ1) is 20.8. The molecule has 164 valence electrons. The number of rotatable bonds is 5. The summed E-state index contributed by atoms with van der Waals surface area (Å²) in [4.78, 5) is 21.8. The summed E-state index contributed by atoms with van der Waals surface area (Å²) < 4.78 is 1.67. The van der Waals surface area contributed by atoms with E-state index in [-0.39, 0.29) is 40.7 Å². The zero-order valence-electron chi connectivity index (χ0n) is 17.5. The minimum absolute atomic E-state index is 0.00721. The number of benzene rings is 2. The lowest BCUT2D eigenvalue weighted by molar-refractivity contribution is 0.633. The largest absolute Gasteiger partial charge is 0.382 e.